The Hall–Kier alpha value is -1.95. The maximum Gasteiger partial charge on any atom is 0.410 e. The summed E-state index contributed by atoms with van der Waals surface area (Å²) in [6, 6.07) is 8.54. The van der Waals surface area contributed by atoms with E-state index in [0.717, 1.165) is 32.5 Å². The number of hydrogen-bond donors (Lipinski definition) is 1. The van der Waals surface area contributed by atoms with Gasteiger partial charge in [-0.3, -0.25) is 0 Å². The van der Waals surface area contributed by atoms with Crippen LogP contribution in [0.2, 0.25) is 0 Å². The average Bonchev–Trinajstić information content (AvgIpc) is 2.61. The molecule has 1 aromatic carbocycles. The second-order valence-corrected chi connectivity index (χ2v) is 8.21. The molecule has 2 heterocycles. The van der Waals surface area contributed by atoms with E-state index in [1.807, 2.05) is 20.8 Å². The molecule has 3 rings (SSSR count). The van der Waals surface area contributed by atoms with E-state index >= 15 is 0 Å². The number of benzene rings is 1. The van der Waals surface area contributed by atoms with Gasteiger partial charge in [0.15, 0.2) is 0 Å². The molecule has 6 heteroatoms. The lowest BCUT2D eigenvalue weighted by Crippen LogP contribution is -2.50. The molecular weight excluding hydrogens is 330 g/mol. The van der Waals surface area contributed by atoms with Crippen LogP contribution in [-0.2, 0) is 4.74 Å². The first-order valence-electron chi connectivity index (χ1n) is 9.58. The van der Waals surface area contributed by atoms with Crippen LogP contribution in [0, 0.1) is 0 Å². The van der Waals surface area contributed by atoms with E-state index in [9.17, 15) is 9.90 Å². The molecule has 0 aliphatic carbocycles. The minimum Gasteiger partial charge on any atom is -0.444 e. The Kier molecular flexibility index (Phi) is 5.61. The lowest BCUT2D eigenvalue weighted by atomic mass is 10.1. The van der Waals surface area contributed by atoms with Gasteiger partial charge in [0.2, 0.25) is 0 Å². The highest BCUT2D eigenvalue weighted by Crippen LogP contribution is 2.24. The monoisotopic (exact) mass is 361 g/mol. The standard InChI is InChI=1S/C20H31N3O3/c1-20(2,3)26-19(25)22-13-11-21(12-14-22)16-6-8-17(9-7-16)23-10-4-5-18(24)15-23/h6-9,18,24H,4-5,10-15H2,1-3H3/t18-/m1/s1. The zero-order valence-corrected chi connectivity index (χ0v) is 16.1. The van der Waals surface area contributed by atoms with E-state index in [4.69, 9.17) is 4.74 Å². The zero-order valence-electron chi connectivity index (χ0n) is 16.1. The normalized spacial score (nSPS) is 21.7. The Morgan fingerprint density at radius 3 is 2.12 bits per heavy atom. The quantitative estimate of drug-likeness (QED) is 0.878. The van der Waals surface area contributed by atoms with Gasteiger partial charge in [0.05, 0.1) is 6.10 Å². The van der Waals surface area contributed by atoms with E-state index < -0.39 is 5.60 Å². The fourth-order valence-corrected chi connectivity index (χ4v) is 3.54. The lowest BCUT2D eigenvalue weighted by Gasteiger charge is -2.37. The van der Waals surface area contributed by atoms with E-state index in [0.29, 0.717) is 19.6 Å². The second kappa shape index (κ2) is 7.74. The minimum atomic E-state index is -0.452. The molecule has 1 aromatic rings. The van der Waals surface area contributed by atoms with Crippen LogP contribution >= 0.6 is 0 Å². The molecule has 0 spiro atoms. The predicted octanol–water partition coefficient (Wildman–Crippen LogP) is 2.70. The van der Waals surface area contributed by atoms with E-state index in [1.54, 1.807) is 4.90 Å². The summed E-state index contributed by atoms with van der Waals surface area (Å²) in [5, 5.41) is 9.85. The molecule has 0 aromatic heterocycles. The van der Waals surface area contributed by atoms with Gasteiger partial charge < -0.3 is 24.5 Å². The summed E-state index contributed by atoms with van der Waals surface area (Å²) in [5.74, 6) is 0. The number of carbonyl (C=O) groups excluding carboxylic acids is 1. The molecule has 6 nitrogen and oxygen atoms in total. The molecule has 144 valence electrons. The maximum absolute atomic E-state index is 12.2. The average molecular weight is 361 g/mol. The number of piperazine rings is 1. The van der Waals surface area contributed by atoms with Crippen molar-refractivity contribution in [2.75, 3.05) is 49.1 Å². The Balaban J connectivity index is 1.54. The third kappa shape index (κ3) is 4.81. The predicted molar refractivity (Wildman–Crippen MR) is 104 cm³/mol. The highest BCUT2D eigenvalue weighted by Gasteiger charge is 2.26. The molecule has 2 aliphatic rings. The highest BCUT2D eigenvalue weighted by molar-refractivity contribution is 5.68. The molecular formula is C20H31N3O3. The maximum atomic E-state index is 12.2. The Labute approximate surface area is 156 Å². The topological polar surface area (TPSA) is 56.2 Å². The van der Waals surface area contributed by atoms with E-state index in [2.05, 4.69) is 34.1 Å². The van der Waals surface area contributed by atoms with Crippen molar-refractivity contribution in [3.8, 4) is 0 Å². The van der Waals surface area contributed by atoms with Gasteiger partial charge >= 0.3 is 6.09 Å². The molecule has 0 unspecified atom stereocenters. The Morgan fingerprint density at radius 1 is 1.00 bits per heavy atom. The van der Waals surface area contributed by atoms with Gasteiger partial charge in [0, 0.05) is 50.6 Å². The molecule has 0 saturated carbocycles. The SMILES string of the molecule is CC(C)(C)OC(=O)N1CCN(c2ccc(N3CCC[C@@H](O)C3)cc2)CC1. The number of piperidine rings is 1. The summed E-state index contributed by atoms with van der Waals surface area (Å²) in [6.07, 6.45) is 1.49. The molecule has 2 fully saturated rings. The van der Waals surface area contributed by atoms with E-state index in [-0.39, 0.29) is 12.2 Å². The third-order valence-electron chi connectivity index (χ3n) is 4.91. The number of hydrogen-bond acceptors (Lipinski definition) is 5. The van der Waals surface area contributed by atoms with Crippen molar-refractivity contribution in [3.05, 3.63) is 24.3 Å². The van der Waals surface area contributed by atoms with Crippen LogP contribution in [0.4, 0.5) is 16.2 Å². The Bertz CT molecular complexity index is 604. The highest BCUT2D eigenvalue weighted by atomic mass is 16.6. The number of ether oxygens (including phenoxy) is 1. The van der Waals surface area contributed by atoms with Gasteiger partial charge in [-0.2, -0.15) is 0 Å². The number of aliphatic hydroxyl groups is 1. The molecule has 2 aliphatic heterocycles. The number of aliphatic hydroxyl groups excluding tert-OH is 1. The van der Waals surface area contributed by atoms with Gasteiger partial charge in [-0.05, 0) is 57.9 Å². The van der Waals surface area contributed by atoms with Crippen molar-refractivity contribution in [1.82, 2.24) is 4.90 Å². The first kappa shape index (κ1) is 18.8. The molecule has 26 heavy (non-hydrogen) atoms. The number of rotatable bonds is 2. The van der Waals surface area contributed by atoms with Crippen molar-refractivity contribution < 1.29 is 14.6 Å². The summed E-state index contributed by atoms with van der Waals surface area (Å²) < 4.78 is 5.45. The minimum absolute atomic E-state index is 0.218. The van der Waals surface area contributed by atoms with Gasteiger partial charge in [-0.1, -0.05) is 0 Å². The van der Waals surface area contributed by atoms with Crippen LogP contribution in [0.25, 0.3) is 0 Å². The fourth-order valence-electron chi connectivity index (χ4n) is 3.54. The third-order valence-corrected chi connectivity index (χ3v) is 4.91. The van der Waals surface area contributed by atoms with Gasteiger partial charge in [0.1, 0.15) is 5.60 Å². The summed E-state index contributed by atoms with van der Waals surface area (Å²) in [6.45, 7) is 10.4. The summed E-state index contributed by atoms with van der Waals surface area (Å²) in [7, 11) is 0. The van der Waals surface area contributed by atoms with E-state index in [1.165, 1.54) is 11.4 Å². The lowest BCUT2D eigenvalue weighted by molar-refractivity contribution is 0.0240. The molecule has 0 radical (unpaired) electrons. The summed E-state index contributed by atoms with van der Waals surface area (Å²) >= 11 is 0. The van der Waals surface area contributed by atoms with Gasteiger partial charge in [0.25, 0.3) is 0 Å². The van der Waals surface area contributed by atoms with Crippen molar-refractivity contribution in [1.29, 1.82) is 0 Å². The summed E-state index contributed by atoms with van der Waals surface area (Å²) in [4.78, 5) is 18.5. The van der Waals surface area contributed by atoms with Crippen LogP contribution < -0.4 is 9.80 Å². The Morgan fingerprint density at radius 2 is 1.58 bits per heavy atom. The van der Waals surface area contributed by atoms with Gasteiger partial charge in [-0.15, -0.1) is 0 Å². The van der Waals surface area contributed by atoms with Crippen LogP contribution in [0.3, 0.4) is 0 Å². The summed E-state index contributed by atoms with van der Waals surface area (Å²) in [5.41, 5.74) is 1.89. The molecule has 1 amide bonds. The molecule has 0 bridgehead atoms. The van der Waals surface area contributed by atoms with Crippen LogP contribution in [-0.4, -0.2) is 67.1 Å². The number of amides is 1. The van der Waals surface area contributed by atoms with Crippen molar-refractivity contribution in [3.63, 3.8) is 0 Å². The number of nitrogens with zero attached hydrogens (tertiary/aromatic N) is 3. The molecule has 2 saturated heterocycles. The first-order valence-corrected chi connectivity index (χ1v) is 9.58. The zero-order chi connectivity index (χ0) is 18.7. The number of anilines is 2. The molecule has 1 atom stereocenters. The van der Waals surface area contributed by atoms with Crippen molar-refractivity contribution in [2.24, 2.45) is 0 Å². The van der Waals surface area contributed by atoms with Crippen LogP contribution in [0.1, 0.15) is 33.6 Å². The van der Waals surface area contributed by atoms with Crippen LogP contribution in [0.5, 0.6) is 0 Å². The smallest absolute Gasteiger partial charge is 0.410 e. The molecule has 1 N–H and O–H groups in total. The number of carbonyl (C=O) groups is 1. The van der Waals surface area contributed by atoms with Crippen LogP contribution in [0.15, 0.2) is 24.3 Å². The largest absolute Gasteiger partial charge is 0.444 e. The van der Waals surface area contributed by atoms with Gasteiger partial charge in [-0.25, -0.2) is 4.79 Å². The second-order valence-electron chi connectivity index (χ2n) is 8.21. The van der Waals surface area contributed by atoms with Crippen molar-refractivity contribution >= 4 is 17.5 Å². The van der Waals surface area contributed by atoms with Crippen molar-refractivity contribution in [2.45, 2.75) is 45.3 Å². The fraction of sp³-hybridized carbons (Fsp3) is 0.650. The first-order chi connectivity index (χ1) is 12.3. The number of β-amino-alcohol motifs (C(OH)–C–C–N with tert-alkyl or cyclic N) is 1.